The van der Waals surface area contributed by atoms with Crippen molar-refractivity contribution in [2.24, 2.45) is 29.1 Å². The van der Waals surface area contributed by atoms with Gasteiger partial charge in [-0.1, -0.05) is 41.5 Å². The molecular weight excluding hydrogens is 230 g/mol. The summed E-state index contributed by atoms with van der Waals surface area (Å²) in [5, 5.41) is 3.59. The number of rotatable bonds is 6. The zero-order valence-electron chi connectivity index (χ0n) is 14.3. The molecule has 0 aliphatic heterocycles. The molecule has 0 heterocycles. The minimum Gasteiger partial charge on any atom is -0.317 e. The van der Waals surface area contributed by atoms with Crippen molar-refractivity contribution in [2.75, 3.05) is 13.1 Å². The van der Waals surface area contributed by atoms with E-state index in [1.165, 1.54) is 38.6 Å². The van der Waals surface area contributed by atoms with Gasteiger partial charge in [0, 0.05) is 0 Å². The first-order valence-electron chi connectivity index (χ1n) is 8.54. The Hall–Kier alpha value is -0.0400. The van der Waals surface area contributed by atoms with Gasteiger partial charge in [-0.25, -0.2) is 0 Å². The fraction of sp³-hybridized carbons (Fsp3) is 1.00. The van der Waals surface area contributed by atoms with Crippen LogP contribution in [0.15, 0.2) is 0 Å². The summed E-state index contributed by atoms with van der Waals surface area (Å²) in [6.07, 6.45) is 7.20. The molecule has 1 nitrogen and oxygen atoms in total. The monoisotopic (exact) mass is 267 g/mol. The van der Waals surface area contributed by atoms with Gasteiger partial charge < -0.3 is 5.32 Å². The van der Waals surface area contributed by atoms with Crippen molar-refractivity contribution in [1.29, 1.82) is 0 Å². The molecule has 19 heavy (non-hydrogen) atoms. The lowest BCUT2D eigenvalue weighted by atomic mass is 9.68. The summed E-state index contributed by atoms with van der Waals surface area (Å²) in [6, 6.07) is 0. The second-order valence-corrected chi connectivity index (χ2v) is 8.24. The lowest BCUT2D eigenvalue weighted by Gasteiger charge is -2.39. The number of hydrogen-bond donors (Lipinski definition) is 1. The van der Waals surface area contributed by atoms with Crippen LogP contribution in [-0.2, 0) is 0 Å². The molecule has 1 N–H and O–H groups in total. The Bertz CT molecular complexity index is 239. The molecule has 0 aromatic carbocycles. The summed E-state index contributed by atoms with van der Waals surface area (Å²) in [7, 11) is 0. The summed E-state index contributed by atoms with van der Waals surface area (Å²) in [4.78, 5) is 0. The molecule has 0 aromatic rings. The smallest absolute Gasteiger partial charge is 0.00180 e. The molecule has 0 radical (unpaired) electrons. The van der Waals surface area contributed by atoms with Crippen LogP contribution in [0.3, 0.4) is 0 Å². The molecular formula is C18H37N. The van der Waals surface area contributed by atoms with E-state index >= 15 is 0 Å². The first-order valence-corrected chi connectivity index (χ1v) is 8.54. The van der Waals surface area contributed by atoms with Gasteiger partial charge in [0.25, 0.3) is 0 Å². The summed E-state index contributed by atoms with van der Waals surface area (Å²) in [5.74, 6) is 3.73. The fourth-order valence-electron chi connectivity index (χ4n) is 3.54. The third-order valence-corrected chi connectivity index (χ3v) is 5.04. The Balaban J connectivity index is 2.54. The molecule has 0 saturated heterocycles. The lowest BCUT2D eigenvalue weighted by Crippen LogP contribution is -2.34. The SMILES string of the molecule is CCNCC1CCC(C(C)C)CC1CCC(C)(C)C. The molecule has 3 unspecified atom stereocenters. The molecule has 1 aliphatic carbocycles. The van der Waals surface area contributed by atoms with Crippen molar-refractivity contribution in [1.82, 2.24) is 5.32 Å². The van der Waals surface area contributed by atoms with Crippen molar-refractivity contribution in [3.05, 3.63) is 0 Å². The minimum absolute atomic E-state index is 0.494. The molecule has 114 valence electrons. The molecule has 0 aromatic heterocycles. The van der Waals surface area contributed by atoms with Crippen molar-refractivity contribution in [2.45, 2.75) is 73.6 Å². The first-order chi connectivity index (χ1) is 8.83. The highest BCUT2D eigenvalue weighted by Gasteiger charge is 2.31. The normalized spacial score (nSPS) is 28.9. The van der Waals surface area contributed by atoms with Gasteiger partial charge in [0.2, 0.25) is 0 Å². The predicted molar refractivity (Wildman–Crippen MR) is 86.4 cm³/mol. The van der Waals surface area contributed by atoms with Crippen LogP contribution < -0.4 is 5.32 Å². The van der Waals surface area contributed by atoms with Gasteiger partial charge in [-0.2, -0.15) is 0 Å². The standard InChI is InChI=1S/C18H37N/c1-7-19-13-17-9-8-15(14(2)3)12-16(17)10-11-18(4,5)6/h14-17,19H,7-13H2,1-6H3. The molecule has 1 heteroatoms. The Labute approximate surface area is 121 Å². The molecule has 1 rings (SSSR count). The number of nitrogens with one attached hydrogen (secondary N) is 1. The van der Waals surface area contributed by atoms with Crippen molar-refractivity contribution in [3.63, 3.8) is 0 Å². The van der Waals surface area contributed by atoms with Gasteiger partial charge in [0.1, 0.15) is 0 Å². The highest BCUT2D eigenvalue weighted by atomic mass is 14.8. The van der Waals surface area contributed by atoms with E-state index in [0.29, 0.717) is 5.41 Å². The molecule has 0 bridgehead atoms. The first kappa shape index (κ1) is 17.0. The van der Waals surface area contributed by atoms with Gasteiger partial charge in [0.15, 0.2) is 0 Å². The second kappa shape index (κ2) is 7.67. The molecule has 0 spiro atoms. The van der Waals surface area contributed by atoms with E-state index in [4.69, 9.17) is 0 Å². The van der Waals surface area contributed by atoms with Crippen molar-refractivity contribution in [3.8, 4) is 0 Å². The van der Waals surface area contributed by atoms with Crippen molar-refractivity contribution < 1.29 is 0 Å². The Kier molecular flexibility index (Phi) is 6.86. The summed E-state index contributed by atoms with van der Waals surface area (Å²) in [5.41, 5.74) is 0.494. The largest absolute Gasteiger partial charge is 0.317 e. The zero-order valence-corrected chi connectivity index (χ0v) is 14.3. The van der Waals surface area contributed by atoms with E-state index in [1.54, 1.807) is 0 Å². The van der Waals surface area contributed by atoms with E-state index in [2.05, 4.69) is 46.9 Å². The number of hydrogen-bond acceptors (Lipinski definition) is 1. The van der Waals surface area contributed by atoms with Gasteiger partial charge in [-0.3, -0.25) is 0 Å². The van der Waals surface area contributed by atoms with Crippen LogP contribution >= 0.6 is 0 Å². The maximum absolute atomic E-state index is 3.59. The van der Waals surface area contributed by atoms with E-state index in [1.807, 2.05) is 0 Å². The minimum atomic E-state index is 0.494. The van der Waals surface area contributed by atoms with Gasteiger partial charge >= 0.3 is 0 Å². The van der Waals surface area contributed by atoms with Crippen molar-refractivity contribution >= 4 is 0 Å². The van der Waals surface area contributed by atoms with Gasteiger partial charge in [-0.15, -0.1) is 0 Å². The molecule has 0 amide bonds. The van der Waals surface area contributed by atoms with Crippen LogP contribution in [0, 0.1) is 29.1 Å². The van der Waals surface area contributed by atoms with Crippen LogP contribution in [0.25, 0.3) is 0 Å². The van der Waals surface area contributed by atoms with Crippen LogP contribution in [0.5, 0.6) is 0 Å². The van der Waals surface area contributed by atoms with Crippen LogP contribution in [0.1, 0.15) is 73.6 Å². The maximum atomic E-state index is 3.59. The van der Waals surface area contributed by atoms with E-state index in [-0.39, 0.29) is 0 Å². The molecule has 1 aliphatic rings. The second-order valence-electron chi connectivity index (χ2n) is 8.24. The molecule has 1 saturated carbocycles. The third kappa shape index (κ3) is 6.29. The highest BCUT2D eigenvalue weighted by molar-refractivity contribution is 4.83. The average molecular weight is 268 g/mol. The summed E-state index contributed by atoms with van der Waals surface area (Å²) in [6.45, 7) is 16.6. The van der Waals surface area contributed by atoms with E-state index < -0.39 is 0 Å². The van der Waals surface area contributed by atoms with Gasteiger partial charge in [0.05, 0.1) is 0 Å². The summed E-state index contributed by atoms with van der Waals surface area (Å²) >= 11 is 0. The average Bonchev–Trinajstić information content (AvgIpc) is 2.33. The Morgan fingerprint density at radius 1 is 1.11 bits per heavy atom. The Morgan fingerprint density at radius 2 is 1.79 bits per heavy atom. The summed E-state index contributed by atoms with van der Waals surface area (Å²) < 4.78 is 0. The molecule has 1 fully saturated rings. The Morgan fingerprint density at radius 3 is 2.32 bits per heavy atom. The van der Waals surface area contributed by atoms with Crippen LogP contribution in [-0.4, -0.2) is 13.1 Å². The highest BCUT2D eigenvalue weighted by Crippen LogP contribution is 2.41. The topological polar surface area (TPSA) is 12.0 Å². The fourth-order valence-corrected chi connectivity index (χ4v) is 3.54. The quantitative estimate of drug-likeness (QED) is 0.705. The van der Waals surface area contributed by atoms with Gasteiger partial charge in [-0.05, 0) is 74.3 Å². The van der Waals surface area contributed by atoms with E-state index in [0.717, 1.165) is 30.2 Å². The van der Waals surface area contributed by atoms with E-state index in [9.17, 15) is 0 Å². The van der Waals surface area contributed by atoms with Crippen LogP contribution in [0.4, 0.5) is 0 Å². The third-order valence-electron chi connectivity index (χ3n) is 5.04. The maximum Gasteiger partial charge on any atom is -0.00180 e. The zero-order chi connectivity index (χ0) is 14.5. The lowest BCUT2D eigenvalue weighted by molar-refractivity contribution is 0.126. The molecule has 3 atom stereocenters. The van der Waals surface area contributed by atoms with Crippen LogP contribution in [0.2, 0.25) is 0 Å². The predicted octanol–water partition coefficient (Wildman–Crippen LogP) is 5.11.